The molecular formula is C106H132BF3N6O28S. The summed E-state index contributed by atoms with van der Waals surface area (Å²) in [5.74, 6) is 0.0687. The first-order chi connectivity index (χ1) is 66.6. The first kappa shape index (κ1) is 116. The van der Waals surface area contributed by atoms with Gasteiger partial charge in [-0.1, -0.05) is 103 Å². The molecule has 4 fully saturated rings. The van der Waals surface area contributed by atoms with Gasteiger partial charge in [0.05, 0.1) is 27.8 Å². The van der Waals surface area contributed by atoms with Crippen LogP contribution in [0.25, 0.3) is 22.5 Å². The highest BCUT2D eigenvalue weighted by Gasteiger charge is 2.52. The Balaban J connectivity index is 0.000000226. The van der Waals surface area contributed by atoms with E-state index in [4.69, 9.17) is 88.2 Å². The number of likely N-dealkylation sites (tertiary alicyclic amines) is 3. The summed E-state index contributed by atoms with van der Waals surface area (Å²) in [6.45, 7) is 20.4. The molecule has 34 nitrogen and oxygen atoms in total. The smallest absolute Gasteiger partial charge is 0.507 e. The van der Waals surface area contributed by atoms with Gasteiger partial charge in [-0.2, -0.15) is 21.6 Å². The Kier molecular flexibility index (Phi) is 39.1. The number of rotatable bonds is 19. The van der Waals surface area contributed by atoms with Crippen LogP contribution in [-0.2, 0) is 42.7 Å². The molecule has 0 atom stereocenters. The zero-order chi connectivity index (χ0) is 102. The van der Waals surface area contributed by atoms with E-state index in [0.29, 0.717) is 97.3 Å². The zero-order valence-corrected chi connectivity index (χ0v) is 81.0. The Labute approximate surface area is 844 Å². The molecule has 145 heavy (non-hydrogen) atoms. The number of ether oxygens (including phenoxy) is 13. The molecule has 16 rings (SSSR count). The number of phenols is 1. The van der Waals surface area contributed by atoms with E-state index in [0.717, 1.165) is 70.5 Å². The number of nitrogens with zero attached hydrogens (tertiary/aromatic N) is 3. The normalized spacial score (nSPS) is 16.2. The van der Waals surface area contributed by atoms with Crippen molar-refractivity contribution in [2.75, 3.05) is 94.1 Å². The molecule has 8 aliphatic rings. The maximum Gasteiger partial charge on any atom is 0.534 e. The standard InChI is InChI=1S/C27H32N2O6.C27H31NO7.C21H26F3NO8S.C20H20N2O3.C7H7BO4.4CH4/c1-26(2,3)35-25(31)29-14-12-27(13-15-29)16-20(18-8-10-19(11-9-18)24(28)30)23-21(33-17-32-4)6-5-7-22(23)34-27;1-26(2,3)35-25(31)28-14-12-27(13-15-28)16-20(18-8-10-19(11-9-18)24(29)30)23-21(33-17-32-4)6-5-7-22(23)34-27;1-19(2,3)32-18(26)25-10-8-20(9-11-25)12-16(33-34(27,28)21(22,23)24)17-14(30-13-29-4)6-5-7-15(17)31-20;21-19(24)14-6-4-13(5-7-14)15-12-20(8-10-22-11-9-20)25-17-3-1-2-16(23)18(15)17;9-7(10)5-1-3-6(4-2-5)8(11)12;;;;/h5-11,16H,12-15,17H2,1-4H3,(H2,28,30);5-11,16H,12-15,17H2,1-4H3,(H,29,30);5-7,12H,8-11,13H2,1-4H3;1-7,12,22-23H,8-11H2,(H2,21,24);1-4,11-12H,(H,9,10);4*1H4. The number of benzene rings is 8. The summed E-state index contributed by atoms with van der Waals surface area (Å²) in [5, 5.41) is 48.9. The highest BCUT2D eigenvalue weighted by atomic mass is 32.2. The molecule has 4 saturated heterocycles. The van der Waals surface area contributed by atoms with Gasteiger partial charge in [-0.05, 0) is 230 Å². The van der Waals surface area contributed by atoms with Crippen LogP contribution in [0.4, 0.5) is 27.6 Å². The molecule has 8 aliphatic heterocycles. The average Bonchev–Trinajstić information content (AvgIpc) is 0.751. The van der Waals surface area contributed by atoms with Crippen molar-refractivity contribution in [3.63, 3.8) is 0 Å². The summed E-state index contributed by atoms with van der Waals surface area (Å²) >= 11 is 0. The molecule has 0 saturated carbocycles. The fourth-order valence-electron chi connectivity index (χ4n) is 16.6. The Bertz CT molecular complexity index is 5920. The predicted molar refractivity (Wildman–Crippen MR) is 540 cm³/mol. The molecule has 0 aliphatic carbocycles. The highest BCUT2D eigenvalue weighted by molar-refractivity contribution is 7.87. The second-order valence-corrected chi connectivity index (χ2v) is 38.8. The summed E-state index contributed by atoms with van der Waals surface area (Å²) < 4.78 is 142. The Hall–Kier alpha value is -13.8. The SMILES string of the molecule is C.C.C.C.COCOc1cccc2c1C(OS(=O)(=O)C(F)(F)F)=CC1(CCN(C(=O)OC(C)(C)C)CC1)O2.COCOc1cccc2c1C(c1ccc(C(=O)O)cc1)=CC1(CCN(C(=O)OC(C)(C)C)CC1)O2.COCOc1cccc2c1C(c1ccc(C(N)=O)cc1)=CC1(CCN(C(=O)OC(C)(C)C)CC1)O2.NC(=O)c1ccc(C2=CC3(CCNCC3)Oc3cccc(O)c32)cc1.O=C(O)c1ccc(B(O)O)cc1. The van der Waals surface area contributed by atoms with Gasteiger partial charge in [0, 0.05) is 129 Å². The topological polar surface area (TPSA) is 458 Å². The summed E-state index contributed by atoms with van der Waals surface area (Å²) in [4.78, 5) is 87.1. The van der Waals surface area contributed by atoms with Crippen molar-refractivity contribution in [3.05, 3.63) is 255 Å². The van der Waals surface area contributed by atoms with Crippen molar-refractivity contribution in [1.82, 2.24) is 20.0 Å². The zero-order valence-electron chi connectivity index (χ0n) is 80.2. The molecule has 0 bridgehead atoms. The molecule has 784 valence electrons. The number of amides is 5. The maximum absolute atomic E-state index is 13.1. The minimum Gasteiger partial charge on any atom is -0.507 e. The van der Waals surface area contributed by atoms with E-state index in [1.54, 1.807) is 105 Å². The fourth-order valence-corrected chi connectivity index (χ4v) is 17.1. The molecule has 4 spiro atoms. The van der Waals surface area contributed by atoms with Gasteiger partial charge in [0.25, 0.3) is 0 Å². The summed E-state index contributed by atoms with van der Waals surface area (Å²) in [6, 6.07) is 47.5. The fraction of sp³-hybridized carbons (Fsp3) is 0.406. The lowest BCUT2D eigenvalue weighted by molar-refractivity contribution is -0.0513. The van der Waals surface area contributed by atoms with Crippen LogP contribution < -0.4 is 55.4 Å². The minimum absolute atomic E-state index is 0. The Morgan fingerprint density at radius 3 is 0.993 bits per heavy atom. The van der Waals surface area contributed by atoms with Crippen LogP contribution in [0.5, 0.6) is 46.0 Å². The van der Waals surface area contributed by atoms with E-state index in [9.17, 15) is 65.4 Å². The molecule has 5 amide bonds. The average molecular weight is 2040 g/mol. The number of carboxylic acid groups (broad SMARTS) is 2. The molecular weight excluding hydrogens is 1910 g/mol. The number of carboxylic acids is 2. The third-order valence-electron chi connectivity index (χ3n) is 23.5. The summed E-state index contributed by atoms with van der Waals surface area (Å²) in [6.07, 6.45) is 10.8. The van der Waals surface area contributed by atoms with Crippen LogP contribution >= 0.6 is 0 Å². The molecule has 8 aromatic carbocycles. The molecule has 0 aromatic heterocycles. The predicted octanol–water partition coefficient (Wildman–Crippen LogP) is 17.4. The Morgan fingerprint density at radius 2 is 0.690 bits per heavy atom. The monoisotopic (exact) mass is 2040 g/mol. The van der Waals surface area contributed by atoms with Crippen molar-refractivity contribution < 1.29 is 146 Å². The lowest BCUT2D eigenvalue weighted by Gasteiger charge is -2.43. The van der Waals surface area contributed by atoms with Gasteiger partial charge in [0.15, 0.2) is 26.1 Å². The van der Waals surface area contributed by atoms with Crippen molar-refractivity contribution >= 4 is 87.2 Å². The number of fused-ring (bicyclic) bond motifs is 4. The highest BCUT2D eigenvalue weighted by Crippen LogP contribution is 2.53. The van der Waals surface area contributed by atoms with Crippen LogP contribution in [0, 0.1) is 0 Å². The van der Waals surface area contributed by atoms with Gasteiger partial charge in [-0.25, -0.2) is 24.0 Å². The second-order valence-electron chi connectivity index (χ2n) is 37.2. The number of carbonyl (C=O) groups excluding carboxylic acids is 5. The minimum atomic E-state index is -5.97. The van der Waals surface area contributed by atoms with Crippen molar-refractivity contribution in [3.8, 4) is 46.0 Å². The molecule has 0 unspecified atom stereocenters. The molecule has 8 aromatic rings. The van der Waals surface area contributed by atoms with E-state index < -0.39 is 92.0 Å². The third kappa shape index (κ3) is 29.5. The van der Waals surface area contributed by atoms with E-state index in [-0.39, 0.29) is 133 Å². The van der Waals surface area contributed by atoms with Crippen molar-refractivity contribution in [1.29, 1.82) is 0 Å². The van der Waals surface area contributed by atoms with E-state index >= 15 is 0 Å². The van der Waals surface area contributed by atoms with E-state index in [2.05, 4.69) is 27.7 Å². The first-order valence-electron chi connectivity index (χ1n) is 45.3. The molecule has 8 heterocycles. The van der Waals surface area contributed by atoms with Crippen LogP contribution in [0.3, 0.4) is 0 Å². The van der Waals surface area contributed by atoms with Gasteiger partial charge >= 0.3 is 53.0 Å². The number of phenolic OH excluding ortho intramolecular Hbond substituents is 1. The number of halogens is 3. The molecule has 0 radical (unpaired) electrons. The number of alkyl halides is 3. The van der Waals surface area contributed by atoms with Crippen LogP contribution in [0.2, 0.25) is 0 Å². The molecule has 39 heteroatoms. The first-order valence-corrected chi connectivity index (χ1v) is 46.7. The number of aromatic hydroxyl groups is 1. The maximum atomic E-state index is 13.1. The van der Waals surface area contributed by atoms with Crippen molar-refractivity contribution in [2.24, 2.45) is 11.5 Å². The number of methoxy groups -OCH3 is 3. The number of hydrogen-bond donors (Lipinski definition) is 8. The van der Waals surface area contributed by atoms with E-state index in [1.807, 2.05) is 108 Å². The van der Waals surface area contributed by atoms with Crippen LogP contribution in [0.1, 0.15) is 224 Å². The van der Waals surface area contributed by atoms with Crippen LogP contribution in [-0.4, -0.2) is 236 Å². The number of aromatic carboxylic acids is 2. The number of nitrogens with two attached hydrogens (primary N) is 2. The molecule has 10 N–H and O–H groups in total. The van der Waals surface area contributed by atoms with Gasteiger partial charge in [0.1, 0.15) is 90.8 Å². The number of primary amides is 2. The van der Waals surface area contributed by atoms with Gasteiger partial charge < -0.3 is 123 Å². The Morgan fingerprint density at radius 1 is 0.407 bits per heavy atom. The van der Waals surface area contributed by atoms with Gasteiger partial charge in [-0.3, -0.25) is 9.59 Å². The lowest BCUT2D eigenvalue weighted by Crippen LogP contribution is -2.50. The largest absolute Gasteiger partial charge is 0.534 e. The number of carbonyl (C=O) groups is 7. The summed E-state index contributed by atoms with van der Waals surface area (Å²) in [5.41, 5.74) is 9.69. The van der Waals surface area contributed by atoms with Gasteiger partial charge in [-0.15, -0.1) is 0 Å². The van der Waals surface area contributed by atoms with Crippen LogP contribution in [0.15, 0.2) is 194 Å². The number of piperidine rings is 4. The van der Waals surface area contributed by atoms with Crippen molar-refractivity contribution in [2.45, 2.75) is 188 Å². The number of hydrogen-bond acceptors (Lipinski definition) is 27. The van der Waals surface area contributed by atoms with E-state index in [1.165, 1.54) is 60.6 Å². The summed E-state index contributed by atoms with van der Waals surface area (Å²) in [7, 11) is -3.05. The lowest BCUT2D eigenvalue weighted by atomic mass is 9.80. The number of nitrogens with one attached hydrogen (secondary N) is 1. The van der Waals surface area contributed by atoms with Gasteiger partial charge in [0.2, 0.25) is 11.8 Å². The quantitative estimate of drug-likeness (QED) is 0.0122. The third-order valence-corrected chi connectivity index (χ3v) is 24.4. The second kappa shape index (κ2) is 48.7.